The zero-order valence-corrected chi connectivity index (χ0v) is 18.9. The van der Waals surface area contributed by atoms with Gasteiger partial charge in [-0.25, -0.2) is 5.43 Å². The summed E-state index contributed by atoms with van der Waals surface area (Å²) in [5.74, 6) is -1.63. The van der Waals surface area contributed by atoms with Crippen molar-refractivity contribution in [2.75, 3.05) is 5.32 Å². The molecular weight excluding hydrogens is 444 g/mol. The summed E-state index contributed by atoms with van der Waals surface area (Å²) in [6.07, 6.45) is 1.55. The van der Waals surface area contributed by atoms with Crippen LogP contribution in [0.2, 0.25) is 0 Å². The first kappa shape index (κ1) is 21.5. The topological polar surface area (TPSA) is 75.5 Å². The molecule has 0 bridgehead atoms. The van der Waals surface area contributed by atoms with Crippen molar-refractivity contribution in [1.29, 1.82) is 0 Å². The van der Waals surface area contributed by atoms with Crippen LogP contribution in [0.4, 0.5) is 5.69 Å². The number of hydrazone groups is 1. The molecule has 1 heterocycles. The lowest BCUT2D eigenvalue weighted by Crippen LogP contribution is -2.32. The molecule has 30 heavy (non-hydrogen) atoms. The lowest BCUT2D eigenvalue weighted by Gasteiger charge is -2.11. The second kappa shape index (κ2) is 9.09. The molecule has 1 aromatic heterocycles. The molecule has 0 saturated carbocycles. The second-order valence-electron chi connectivity index (χ2n) is 7.14. The average molecular weight is 467 g/mol. The fourth-order valence-corrected chi connectivity index (χ4v) is 3.73. The van der Waals surface area contributed by atoms with Crippen LogP contribution >= 0.6 is 15.9 Å². The Labute approximate surface area is 184 Å². The number of hydrogen-bond donors (Lipinski definition) is 2. The molecule has 7 heteroatoms. The Hall–Kier alpha value is -3.19. The molecule has 0 aliphatic carbocycles. The maximum Gasteiger partial charge on any atom is 0.329 e. The standard InChI is InChI=1S/C23H23BrN4O2/c1-14-9-15(2)11-19(10-14)28-16(3)12-18(17(28)4)13-25-27-23(30)22(29)26-21-8-6-5-7-20(21)24/h5-13H,1-4H3,(H,26,29)(H,27,30)/b25-13-. The molecule has 2 aromatic carbocycles. The quantitative estimate of drug-likeness (QED) is 0.335. The molecule has 0 saturated heterocycles. The van der Waals surface area contributed by atoms with Crippen molar-refractivity contribution >= 4 is 39.6 Å². The van der Waals surface area contributed by atoms with Crippen LogP contribution in [-0.2, 0) is 9.59 Å². The highest BCUT2D eigenvalue weighted by Crippen LogP contribution is 2.22. The van der Waals surface area contributed by atoms with Gasteiger partial charge in [0, 0.05) is 27.1 Å². The highest BCUT2D eigenvalue weighted by atomic mass is 79.9. The number of carbonyl (C=O) groups excluding carboxylic acids is 2. The number of halogens is 1. The molecule has 0 radical (unpaired) electrons. The van der Waals surface area contributed by atoms with Crippen molar-refractivity contribution in [2.24, 2.45) is 5.10 Å². The van der Waals surface area contributed by atoms with Crippen LogP contribution in [0, 0.1) is 27.7 Å². The van der Waals surface area contributed by atoms with Gasteiger partial charge in [0.2, 0.25) is 0 Å². The monoisotopic (exact) mass is 466 g/mol. The maximum absolute atomic E-state index is 12.1. The van der Waals surface area contributed by atoms with Crippen molar-refractivity contribution < 1.29 is 9.59 Å². The number of para-hydroxylation sites is 1. The van der Waals surface area contributed by atoms with Gasteiger partial charge in [0.25, 0.3) is 0 Å². The van der Waals surface area contributed by atoms with E-state index in [1.165, 1.54) is 11.1 Å². The third-order valence-corrected chi connectivity index (χ3v) is 5.32. The number of carbonyl (C=O) groups is 2. The minimum Gasteiger partial charge on any atom is -0.318 e. The molecule has 3 aromatic rings. The Morgan fingerprint density at radius 1 is 0.967 bits per heavy atom. The summed E-state index contributed by atoms with van der Waals surface area (Å²) in [4.78, 5) is 24.1. The minimum absolute atomic E-state index is 0.513. The van der Waals surface area contributed by atoms with Gasteiger partial charge in [-0.05, 0) is 85.1 Å². The van der Waals surface area contributed by atoms with E-state index in [0.717, 1.165) is 22.6 Å². The molecule has 0 unspecified atom stereocenters. The molecule has 154 valence electrons. The summed E-state index contributed by atoms with van der Waals surface area (Å²) in [5, 5.41) is 6.50. The predicted molar refractivity (Wildman–Crippen MR) is 123 cm³/mol. The summed E-state index contributed by atoms with van der Waals surface area (Å²) in [6.45, 7) is 8.16. The Morgan fingerprint density at radius 2 is 1.63 bits per heavy atom. The number of aromatic nitrogens is 1. The fraction of sp³-hybridized carbons (Fsp3) is 0.174. The molecule has 0 fully saturated rings. The molecule has 0 aliphatic heterocycles. The van der Waals surface area contributed by atoms with E-state index < -0.39 is 11.8 Å². The minimum atomic E-state index is -0.842. The van der Waals surface area contributed by atoms with Gasteiger partial charge in [-0.3, -0.25) is 9.59 Å². The summed E-state index contributed by atoms with van der Waals surface area (Å²) >= 11 is 3.32. The first-order valence-electron chi connectivity index (χ1n) is 9.43. The number of amides is 2. The predicted octanol–water partition coefficient (Wildman–Crippen LogP) is 4.56. The van der Waals surface area contributed by atoms with Crippen LogP contribution in [0.5, 0.6) is 0 Å². The lowest BCUT2D eigenvalue weighted by atomic mass is 10.1. The van der Waals surface area contributed by atoms with Gasteiger partial charge in [-0.2, -0.15) is 5.10 Å². The summed E-state index contributed by atoms with van der Waals surface area (Å²) < 4.78 is 2.83. The van der Waals surface area contributed by atoms with Crippen LogP contribution in [0.15, 0.2) is 58.1 Å². The Morgan fingerprint density at radius 3 is 2.30 bits per heavy atom. The fourth-order valence-electron chi connectivity index (χ4n) is 3.35. The highest BCUT2D eigenvalue weighted by molar-refractivity contribution is 9.10. The molecule has 6 nitrogen and oxygen atoms in total. The number of nitrogens with zero attached hydrogens (tertiary/aromatic N) is 2. The van der Waals surface area contributed by atoms with E-state index in [1.54, 1.807) is 24.4 Å². The van der Waals surface area contributed by atoms with Crippen molar-refractivity contribution in [3.8, 4) is 5.69 Å². The summed E-state index contributed by atoms with van der Waals surface area (Å²) in [5.41, 5.74) is 9.16. The molecular formula is C23H23BrN4O2. The smallest absolute Gasteiger partial charge is 0.318 e. The molecule has 0 atom stereocenters. The summed E-state index contributed by atoms with van der Waals surface area (Å²) in [7, 11) is 0. The number of aryl methyl sites for hydroxylation is 3. The Kier molecular flexibility index (Phi) is 6.52. The average Bonchev–Trinajstić information content (AvgIpc) is 2.96. The van der Waals surface area contributed by atoms with Gasteiger partial charge in [0.05, 0.1) is 11.9 Å². The van der Waals surface area contributed by atoms with Crippen LogP contribution in [0.3, 0.4) is 0 Å². The first-order valence-corrected chi connectivity index (χ1v) is 10.2. The van der Waals surface area contributed by atoms with Crippen LogP contribution in [0.1, 0.15) is 28.1 Å². The van der Waals surface area contributed by atoms with Gasteiger partial charge in [-0.15, -0.1) is 0 Å². The van der Waals surface area contributed by atoms with E-state index in [0.29, 0.717) is 10.2 Å². The first-order chi connectivity index (χ1) is 14.3. The normalized spacial score (nSPS) is 11.0. The van der Waals surface area contributed by atoms with E-state index in [4.69, 9.17) is 0 Å². The van der Waals surface area contributed by atoms with E-state index in [9.17, 15) is 9.59 Å². The maximum atomic E-state index is 12.1. The Bertz CT molecular complexity index is 1130. The molecule has 2 amide bonds. The molecule has 2 N–H and O–H groups in total. The van der Waals surface area contributed by atoms with Crippen molar-refractivity contribution in [2.45, 2.75) is 27.7 Å². The van der Waals surface area contributed by atoms with Gasteiger partial charge in [-0.1, -0.05) is 18.2 Å². The van der Waals surface area contributed by atoms with Gasteiger partial charge < -0.3 is 9.88 Å². The van der Waals surface area contributed by atoms with E-state index in [-0.39, 0.29) is 0 Å². The van der Waals surface area contributed by atoms with Gasteiger partial charge in [0.1, 0.15) is 0 Å². The number of rotatable bonds is 4. The number of hydrogen-bond acceptors (Lipinski definition) is 3. The Balaban J connectivity index is 1.71. The van der Waals surface area contributed by atoms with Crippen LogP contribution < -0.4 is 10.7 Å². The van der Waals surface area contributed by atoms with E-state index >= 15 is 0 Å². The van der Waals surface area contributed by atoms with Gasteiger partial charge >= 0.3 is 11.8 Å². The second-order valence-corrected chi connectivity index (χ2v) is 8.00. The molecule has 3 rings (SSSR count). The van der Waals surface area contributed by atoms with Gasteiger partial charge in [0.15, 0.2) is 0 Å². The third-order valence-electron chi connectivity index (χ3n) is 4.63. The van der Waals surface area contributed by atoms with Crippen molar-refractivity contribution in [3.63, 3.8) is 0 Å². The highest BCUT2D eigenvalue weighted by Gasteiger charge is 2.14. The number of benzene rings is 2. The zero-order valence-electron chi connectivity index (χ0n) is 17.3. The van der Waals surface area contributed by atoms with Crippen molar-refractivity contribution in [3.05, 3.63) is 81.1 Å². The van der Waals surface area contributed by atoms with E-state index in [2.05, 4.69) is 68.4 Å². The molecule has 0 spiro atoms. The summed E-state index contributed by atoms with van der Waals surface area (Å²) in [6, 6.07) is 15.4. The molecule has 0 aliphatic rings. The number of nitrogens with one attached hydrogen (secondary N) is 2. The zero-order chi connectivity index (χ0) is 21.8. The van der Waals surface area contributed by atoms with Crippen molar-refractivity contribution in [1.82, 2.24) is 9.99 Å². The lowest BCUT2D eigenvalue weighted by molar-refractivity contribution is -0.136. The van der Waals surface area contributed by atoms with Crippen LogP contribution in [-0.4, -0.2) is 22.6 Å². The third kappa shape index (κ3) is 4.86. The SMILES string of the molecule is Cc1cc(C)cc(-n2c(C)cc(/C=N\NC(=O)C(=O)Nc3ccccc3Br)c2C)c1. The largest absolute Gasteiger partial charge is 0.329 e. The van der Waals surface area contributed by atoms with Crippen LogP contribution in [0.25, 0.3) is 5.69 Å². The number of anilines is 1. The van der Waals surface area contributed by atoms with E-state index in [1.807, 2.05) is 26.0 Å².